The monoisotopic (exact) mass is 284 g/mol. The van der Waals surface area contributed by atoms with Gasteiger partial charge >= 0.3 is 0 Å². The van der Waals surface area contributed by atoms with Crippen LogP contribution in [0.4, 0.5) is 5.69 Å². The average molecular weight is 285 g/mol. The van der Waals surface area contributed by atoms with Gasteiger partial charge in [0.1, 0.15) is 0 Å². The fourth-order valence-electron chi connectivity index (χ4n) is 3.19. The minimum absolute atomic E-state index is 0.0544. The topological polar surface area (TPSA) is 33.2 Å². The van der Waals surface area contributed by atoms with Crippen LogP contribution in [0.2, 0.25) is 5.02 Å². The zero-order chi connectivity index (χ0) is 13.7. The summed E-state index contributed by atoms with van der Waals surface area (Å²) in [5, 5.41) is 0.676. The van der Waals surface area contributed by atoms with Crippen LogP contribution in [0.25, 0.3) is 0 Å². The van der Waals surface area contributed by atoms with E-state index in [1.807, 2.05) is 29.4 Å². The number of rotatable bonds is 1. The molecule has 100 valence electrons. The van der Waals surface area contributed by atoms with Gasteiger partial charge in [-0.1, -0.05) is 11.6 Å². The molecular formula is C16H13ClN2O. The van der Waals surface area contributed by atoms with Gasteiger partial charge in [-0.05, 0) is 54.2 Å². The maximum absolute atomic E-state index is 12.6. The van der Waals surface area contributed by atoms with Crippen molar-refractivity contribution in [1.29, 1.82) is 0 Å². The van der Waals surface area contributed by atoms with Crippen molar-refractivity contribution in [3.63, 3.8) is 0 Å². The molecule has 1 aliphatic carbocycles. The number of anilines is 1. The van der Waals surface area contributed by atoms with Crippen LogP contribution in [0, 0.1) is 0 Å². The van der Waals surface area contributed by atoms with Gasteiger partial charge in [0, 0.05) is 16.8 Å². The van der Waals surface area contributed by atoms with Crippen LogP contribution in [-0.2, 0) is 19.4 Å². The first-order chi connectivity index (χ1) is 9.74. The minimum Gasteiger partial charge on any atom is -0.302 e. The van der Waals surface area contributed by atoms with E-state index in [1.165, 1.54) is 11.1 Å². The molecule has 0 unspecified atom stereocenters. The highest BCUT2D eigenvalue weighted by Gasteiger charge is 2.31. The highest BCUT2D eigenvalue weighted by atomic mass is 35.5. The van der Waals surface area contributed by atoms with Gasteiger partial charge in [-0.2, -0.15) is 0 Å². The molecule has 3 nitrogen and oxygen atoms in total. The van der Waals surface area contributed by atoms with E-state index in [4.69, 9.17) is 11.6 Å². The van der Waals surface area contributed by atoms with Gasteiger partial charge in [0.05, 0.1) is 18.4 Å². The Bertz CT molecular complexity index is 726. The van der Waals surface area contributed by atoms with Gasteiger partial charge in [0.25, 0.3) is 5.91 Å². The number of hydrogen-bond donors (Lipinski definition) is 0. The summed E-state index contributed by atoms with van der Waals surface area (Å²) in [5.41, 5.74) is 5.29. The van der Waals surface area contributed by atoms with Gasteiger partial charge in [-0.3, -0.25) is 9.78 Å². The molecule has 0 saturated carbocycles. The van der Waals surface area contributed by atoms with Crippen LogP contribution >= 0.6 is 11.6 Å². The summed E-state index contributed by atoms with van der Waals surface area (Å²) in [7, 11) is 0. The van der Waals surface area contributed by atoms with Crippen LogP contribution in [0.15, 0.2) is 30.6 Å². The van der Waals surface area contributed by atoms with E-state index in [-0.39, 0.29) is 5.91 Å². The van der Waals surface area contributed by atoms with Crippen LogP contribution in [0.3, 0.4) is 0 Å². The summed E-state index contributed by atoms with van der Waals surface area (Å²) in [6.45, 7) is 0.590. The molecule has 0 spiro atoms. The number of amides is 1. The molecule has 20 heavy (non-hydrogen) atoms. The third-order valence-electron chi connectivity index (χ3n) is 4.16. The number of aromatic nitrogens is 1. The van der Waals surface area contributed by atoms with Crippen molar-refractivity contribution < 1.29 is 4.79 Å². The van der Waals surface area contributed by atoms with Crippen molar-refractivity contribution in [1.82, 2.24) is 4.98 Å². The molecule has 0 fully saturated rings. The summed E-state index contributed by atoms with van der Waals surface area (Å²) in [6.07, 6.45) is 6.99. The van der Waals surface area contributed by atoms with E-state index in [0.29, 0.717) is 11.6 Å². The number of carbonyl (C=O) groups is 1. The number of nitrogens with zero attached hydrogens (tertiary/aromatic N) is 2. The van der Waals surface area contributed by atoms with Crippen molar-refractivity contribution in [2.75, 3.05) is 4.90 Å². The van der Waals surface area contributed by atoms with Crippen molar-refractivity contribution in [2.24, 2.45) is 0 Å². The first kappa shape index (κ1) is 11.9. The highest BCUT2D eigenvalue weighted by Crippen LogP contribution is 2.35. The molecule has 2 aliphatic rings. The van der Waals surface area contributed by atoms with Gasteiger partial charge in [0.15, 0.2) is 0 Å². The fourth-order valence-corrected chi connectivity index (χ4v) is 3.39. The Hall–Kier alpha value is -1.87. The van der Waals surface area contributed by atoms with E-state index < -0.39 is 0 Å². The number of halogens is 1. The average Bonchev–Trinajstić information content (AvgIpc) is 3.03. The molecule has 1 aliphatic heterocycles. The van der Waals surface area contributed by atoms with Crippen molar-refractivity contribution in [3.05, 3.63) is 57.9 Å². The van der Waals surface area contributed by atoms with Gasteiger partial charge in [-0.25, -0.2) is 0 Å². The number of aryl methyl sites for hydroxylation is 1. The summed E-state index contributed by atoms with van der Waals surface area (Å²) in [6, 6.07) is 5.47. The molecule has 0 atom stereocenters. The Morgan fingerprint density at radius 1 is 1.15 bits per heavy atom. The molecule has 2 aromatic rings. The molecule has 1 aromatic heterocycles. The van der Waals surface area contributed by atoms with Crippen LogP contribution in [0.1, 0.15) is 33.5 Å². The lowest BCUT2D eigenvalue weighted by atomic mass is 10.1. The SMILES string of the molecule is O=C1c2ccc(Cl)cc2CN1c1cncc2c1CCC2. The Kier molecular flexibility index (Phi) is 2.57. The molecular weight excluding hydrogens is 272 g/mol. The third-order valence-corrected chi connectivity index (χ3v) is 4.39. The molecule has 0 saturated heterocycles. The number of fused-ring (bicyclic) bond motifs is 2. The van der Waals surface area contributed by atoms with E-state index in [9.17, 15) is 4.79 Å². The minimum atomic E-state index is 0.0544. The van der Waals surface area contributed by atoms with Crippen molar-refractivity contribution >= 4 is 23.2 Å². The Morgan fingerprint density at radius 3 is 2.95 bits per heavy atom. The van der Waals surface area contributed by atoms with Crippen molar-refractivity contribution in [3.8, 4) is 0 Å². The number of carbonyl (C=O) groups excluding carboxylic acids is 1. The second-order valence-electron chi connectivity index (χ2n) is 5.34. The predicted octanol–water partition coefficient (Wildman–Crippen LogP) is 3.38. The van der Waals surface area contributed by atoms with Gasteiger partial charge < -0.3 is 4.90 Å². The zero-order valence-corrected chi connectivity index (χ0v) is 11.7. The summed E-state index contributed by atoms with van der Waals surface area (Å²) >= 11 is 6.02. The molecule has 1 amide bonds. The normalized spacial score (nSPS) is 16.4. The largest absolute Gasteiger partial charge is 0.302 e. The van der Waals surface area contributed by atoms with E-state index in [2.05, 4.69) is 4.98 Å². The van der Waals surface area contributed by atoms with E-state index in [1.54, 1.807) is 6.07 Å². The van der Waals surface area contributed by atoms with Gasteiger partial charge in [-0.15, -0.1) is 0 Å². The predicted molar refractivity (Wildman–Crippen MR) is 78.2 cm³/mol. The number of hydrogen-bond acceptors (Lipinski definition) is 2. The molecule has 0 bridgehead atoms. The summed E-state index contributed by atoms with van der Waals surface area (Å²) in [5.74, 6) is 0.0544. The lowest BCUT2D eigenvalue weighted by Crippen LogP contribution is -2.24. The van der Waals surface area contributed by atoms with E-state index >= 15 is 0 Å². The van der Waals surface area contributed by atoms with Gasteiger partial charge in [0.2, 0.25) is 0 Å². The van der Waals surface area contributed by atoms with Crippen molar-refractivity contribution in [2.45, 2.75) is 25.8 Å². The van der Waals surface area contributed by atoms with Crippen LogP contribution in [-0.4, -0.2) is 10.9 Å². The number of benzene rings is 1. The highest BCUT2D eigenvalue weighted by molar-refractivity contribution is 6.31. The second-order valence-corrected chi connectivity index (χ2v) is 5.78. The first-order valence-electron chi connectivity index (χ1n) is 6.80. The fraction of sp³-hybridized carbons (Fsp3) is 0.250. The molecule has 0 radical (unpaired) electrons. The van der Waals surface area contributed by atoms with E-state index in [0.717, 1.165) is 36.1 Å². The molecule has 4 heteroatoms. The Labute approximate surface area is 122 Å². The Balaban J connectivity index is 1.79. The quantitative estimate of drug-likeness (QED) is 0.804. The second kappa shape index (κ2) is 4.32. The third kappa shape index (κ3) is 1.66. The summed E-state index contributed by atoms with van der Waals surface area (Å²) in [4.78, 5) is 18.7. The first-order valence-corrected chi connectivity index (χ1v) is 7.18. The lowest BCUT2D eigenvalue weighted by Gasteiger charge is -2.18. The maximum atomic E-state index is 12.6. The Morgan fingerprint density at radius 2 is 2.05 bits per heavy atom. The molecule has 0 N–H and O–H groups in total. The lowest BCUT2D eigenvalue weighted by molar-refractivity contribution is 0.0996. The summed E-state index contributed by atoms with van der Waals surface area (Å²) < 4.78 is 0. The smallest absolute Gasteiger partial charge is 0.258 e. The van der Waals surface area contributed by atoms with Crippen LogP contribution in [0.5, 0.6) is 0 Å². The molecule has 1 aromatic carbocycles. The molecule has 4 rings (SSSR count). The maximum Gasteiger partial charge on any atom is 0.258 e. The number of pyridine rings is 1. The standard InChI is InChI=1S/C16H13ClN2O/c17-12-4-5-14-11(6-12)9-19(16(14)20)15-8-18-7-10-2-1-3-13(10)15/h4-8H,1-3,9H2. The zero-order valence-electron chi connectivity index (χ0n) is 10.9. The molecule has 2 heterocycles. The van der Waals surface area contributed by atoms with Crippen LogP contribution < -0.4 is 4.90 Å².